The van der Waals surface area contributed by atoms with Crippen LogP contribution in [-0.4, -0.2) is 24.3 Å². The average molecular weight is 239 g/mol. The molecule has 2 atom stereocenters. The van der Waals surface area contributed by atoms with E-state index in [-0.39, 0.29) is 11.2 Å². The van der Waals surface area contributed by atoms with Gasteiger partial charge in [-0.05, 0) is 66.0 Å². The fraction of sp³-hybridized carbons (Fsp3) is 1.00. The van der Waals surface area contributed by atoms with Crippen molar-refractivity contribution in [1.29, 1.82) is 0 Å². The summed E-state index contributed by atoms with van der Waals surface area (Å²) in [5.41, 5.74) is 0.461. The van der Waals surface area contributed by atoms with Crippen molar-refractivity contribution >= 4 is 0 Å². The Kier molecular flexibility index (Phi) is 3.33. The van der Waals surface area contributed by atoms with Crippen molar-refractivity contribution in [3.63, 3.8) is 0 Å². The Bertz CT molecular complexity index is 283. The monoisotopic (exact) mass is 239 g/mol. The van der Waals surface area contributed by atoms with Crippen molar-refractivity contribution in [1.82, 2.24) is 5.32 Å². The van der Waals surface area contributed by atoms with Crippen molar-refractivity contribution in [2.45, 2.75) is 71.5 Å². The third-order valence-corrected chi connectivity index (χ3v) is 5.03. The normalized spacial score (nSPS) is 39.7. The molecule has 2 heteroatoms. The molecule has 17 heavy (non-hydrogen) atoms. The van der Waals surface area contributed by atoms with E-state index in [1.807, 2.05) is 0 Å². The molecule has 1 N–H and O–H groups in total. The highest BCUT2D eigenvalue weighted by molar-refractivity contribution is 5.09. The lowest BCUT2D eigenvalue weighted by atomic mass is 9.59. The van der Waals surface area contributed by atoms with Crippen LogP contribution in [0.15, 0.2) is 0 Å². The Labute approximate surface area is 107 Å². The van der Waals surface area contributed by atoms with Crippen molar-refractivity contribution in [3.05, 3.63) is 0 Å². The molecule has 0 aromatic heterocycles. The lowest BCUT2D eigenvalue weighted by Gasteiger charge is -2.49. The highest BCUT2D eigenvalue weighted by Crippen LogP contribution is 2.58. The molecule has 0 aromatic carbocycles. The van der Waals surface area contributed by atoms with Gasteiger partial charge in [-0.3, -0.25) is 0 Å². The van der Waals surface area contributed by atoms with Crippen LogP contribution in [0.2, 0.25) is 0 Å². The second kappa shape index (κ2) is 4.24. The molecule has 0 aromatic rings. The first-order valence-corrected chi connectivity index (χ1v) is 7.24. The molecule has 0 bridgehead atoms. The largest absolute Gasteiger partial charge is 0.369 e. The van der Waals surface area contributed by atoms with Gasteiger partial charge in [0, 0.05) is 5.41 Å². The Morgan fingerprint density at radius 1 is 1.24 bits per heavy atom. The molecule has 2 heterocycles. The Morgan fingerprint density at radius 3 is 2.47 bits per heavy atom. The lowest BCUT2D eigenvalue weighted by Crippen LogP contribution is -2.53. The van der Waals surface area contributed by atoms with Crippen LogP contribution < -0.4 is 5.32 Å². The third-order valence-electron chi connectivity index (χ3n) is 5.03. The molecule has 2 saturated heterocycles. The third kappa shape index (κ3) is 2.15. The lowest BCUT2D eigenvalue weighted by molar-refractivity contribution is -0.113. The second-order valence-electron chi connectivity index (χ2n) is 7.14. The van der Waals surface area contributed by atoms with Gasteiger partial charge in [0.15, 0.2) is 0 Å². The van der Waals surface area contributed by atoms with Gasteiger partial charge in [0.05, 0.1) is 11.2 Å². The van der Waals surface area contributed by atoms with E-state index in [0.29, 0.717) is 5.41 Å². The zero-order chi connectivity index (χ0) is 12.7. The van der Waals surface area contributed by atoms with Gasteiger partial charge in [-0.2, -0.15) is 0 Å². The number of hydrogen-bond donors (Lipinski definition) is 1. The summed E-state index contributed by atoms with van der Waals surface area (Å²) in [5.74, 6) is 0.776. The number of rotatable bonds is 2. The van der Waals surface area contributed by atoms with E-state index in [2.05, 4.69) is 39.9 Å². The Balaban J connectivity index is 2.30. The minimum Gasteiger partial charge on any atom is -0.369 e. The van der Waals surface area contributed by atoms with Gasteiger partial charge in [-0.15, -0.1) is 0 Å². The van der Waals surface area contributed by atoms with Crippen molar-refractivity contribution in [2.75, 3.05) is 13.1 Å². The zero-order valence-electron chi connectivity index (χ0n) is 12.2. The molecule has 0 aliphatic carbocycles. The van der Waals surface area contributed by atoms with Crippen LogP contribution in [0.4, 0.5) is 0 Å². The molecule has 2 aliphatic rings. The number of piperidine rings is 1. The molecular weight excluding hydrogens is 210 g/mol. The van der Waals surface area contributed by atoms with Crippen LogP contribution in [0.5, 0.6) is 0 Å². The van der Waals surface area contributed by atoms with E-state index in [4.69, 9.17) is 4.74 Å². The minimum atomic E-state index is 0.0262. The van der Waals surface area contributed by atoms with Crippen LogP contribution >= 0.6 is 0 Å². The van der Waals surface area contributed by atoms with Gasteiger partial charge in [-0.25, -0.2) is 0 Å². The summed E-state index contributed by atoms with van der Waals surface area (Å²) < 4.78 is 6.38. The van der Waals surface area contributed by atoms with E-state index >= 15 is 0 Å². The van der Waals surface area contributed by atoms with Gasteiger partial charge in [0.25, 0.3) is 0 Å². The van der Waals surface area contributed by atoms with E-state index in [1.54, 1.807) is 0 Å². The van der Waals surface area contributed by atoms with Gasteiger partial charge in [0.2, 0.25) is 0 Å². The summed E-state index contributed by atoms with van der Waals surface area (Å²) in [6.07, 6.45) is 5.11. The predicted octanol–water partition coefficient (Wildman–Crippen LogP) is 3.36. The van der Waals surface area contributed by atoms with E-state index < -0.39 is 0 Å². The van der Waals surface area contributed by atoms with E-state index in [0.717, 1.165) is 12.5 Å². The topological polar surface area (TPSA) is 21.3 Å². The molecule has 0 amide bonds. The minimum absolute atomic E-state index is 0.0262. The first-order chi connectivity index (χ1) is 7.83. The maximum atomic E-state index is 6.38. The molecule has 100 valence electrons. The van der Waals surface area contributed by atoms with Crippen LogP contribution in [0, 0.1) is 11.3 Å². The molecule has 0 saturated carbocycles. The van der Waals surface area contributed by atoms with Gasteiger partial charge in [-0.1, -0.05) is 13.3 Å². The van der Waals surface area contributed by atoms with Crippen molar-refractivity contribution in [2.24, 2.45) is 11.3 Å². The highest BCUT2D eigenvalue weighted by atomic mass is 16.5. The molecule has 2 rings (SSSR count). The average Bonchev–Trinajstić information content (AvgIpc) is 2.36. The maximum Gasteiger partial charge on any atom is 0.0694 e. The van der Waals surface area contributed by atoms with Crippen molar-refractivity contribution in [3.8, 4) is 0 Å². The summed E-state index contributed by atoms with van der Waals surface area (Å²) in [5, 5.41) is 3.58. The maximum absolute atomic E-state index is 6.38. The molecule has 2 nitrogen and oxygen atoms in total. The van der Waals surface area contributed by atoms with Gasteiger partial charge in [0.1, 0.15) is 0 Å². The molecule has 2 unspecified atom stereocenters. The van der Waals surface area contributed by atoms with E-state index in [1.165, 1.54) is 32.2 Å². The molecule has 2 aliphatic heterocycles. The molecule has 1 spiro atoms. The highest BCUT2D eigenvalue weighted by Gasteiger charge is 2.60. The first-order valence-electron chi connectivity index (χ1n) is 7.24. The van der Waals surface area contributed by atoms with Gasteiger partial charge >= 0.3 is 0 Å². The quantitative estimate of drug-likeness (QED) is 0.798. The standard InChI is InChI=1S/C15H29NO/c1-6-7-12-10-16-9-8-15(12)11-13(2,3)17-14(15,4)5/h12,16H,6-11H2,1-5H3. The number of ether oxygens (including phenoxy) is 1. The van der Waals surface area contributed by atoms with Crippen LogP contribution in [0.3, 0.4) is 0 Å². The number of hydrogen-bond acceptors (Lipinski definition) is 2. The van der Waals surface area contributed by atoms with Crippen molar-refractivity contribution < 1.29 is 4.74 Å². The SMILES string of the molecule is CCCC1CNCCC12CC(C)(C)OC2(C)C. The number of nitrogens with one attached hydrogen (secondary N) is 1. The summed E-state index contributed by atoms with van der Waals surface area (Å²) in [6, 6.07) is 0. The molecular formula is C15H29NO. The summed E-state index contributed by atoms with van der Waals surface area (Å²) in [7, 11) is 0. The van der Waals surface area contributed by atoms with E-state index in [9.17, 15) is 0 Å². The first kappa shape index (κ1) is 13.4. The summed E-state index contributed by atoms with van der Waals surface area (Å²) in [4.78, 5) is 0. The van der Waals surface area contributed by atoms with Crippen LogP contribution in [0.25, 0.3) is 0 Å². The smallest absolute Gasteiger partial charge is 0.0694 e. The predicted molar refractivity (Wildman–Crippen MR) is 72.2 cm³/mol. The van der Waals surface area contributed by atoms with Gasteiger partial charge < -0.3 is 10.1 Å². The Morgan fingerprint density at radius 2 is 1.94 bits per heavy atom. The molecule has 2 fully saturated rings. The molecule has 0 radical (unpaired) electrons. The Hall–Kier alpha value is -0.0800. The van der Waals surface area contributed by atoms with Crippen LogP contribution in [-0.2, 0) is 4.74 Å². The zero-order valence-corrected chi connectivity index (χ0v) is 12.2. The summed E-state index contributed by atoms with van der Waals surface area (Å²) in [6.45, 7) is 13.8. The summed E-state index contributed by atoms with van der Waals surface area (Å²) >= 11 is 0. The fourth-order valence-corrected chi connectivity index (χ4v) is 4.54. The van der Waals surface area contributed by atoms with Crippen LogP contribution in [0.1, 0.15) is 60.3 Å². The fourth-order valence-electron chi connectivity index (χ4n) is 4.54. The second-order valence-corrected chi connectivity index (χ2v) is 7.14.